The molecule has 3 aromatic rings. The Balaban J connectivity index is 0.000000207. The van der Waals surface area contributed by atoms with E-state index in [0.29, 0.717) is 37.3 Å². The molecule has 1 aliphatic carbocycles. The van der Waals surface area contributed by atoms with E-state index >= 15 is 0 Å². The molecule has 2 unspecified atom stereocenters. The molecule has 2 aromatic carbocycles. The molecule has 6 rings (SSSR count). The number of amides is 1. The molecule has 1 aromatic heterocycles. The number of likely N-dealkylation sites (N-methyl/N-ethyl adjacent to an activating group) is 1. The van der Waals surface area contributed by atoms with Crippen molar-refractivity contribution >= 4 is 6.41 Å². The van der Waals surface area contributed by atoms with E-state index in [1.165, 1.54) is 16.7 Å². The molecule has 230 valence electrons. The summed E-state index contributed by atoms with van der Waals surface area (Å²) in [5, 5.41) is 14.8. The van der Waals surface area contributed by atoms with Crippen LogP contribution in [0, 0.1) is 24.0 Å². The number of hydrogen-bond acceptors (Lipinski definition) is 6. The van der Waals surface area contributed by atoms with Crippen LogP contribution in [0.4, 0.5) is 8.78 Å². The summed E-state index contributed by atoms with van der Waals surface area (Å²) < 4.78 is 28.1. The van der Waals surface area contributed by atoms with E-state index in [-0.39, 0.29) is 35.2 Å². The predicted molar refractivity (Wildman–Crippen MR) is 161 cm³/mol. The summed E-state index contributed by atoms with van der Waals surface area (Å²) in [5.41, 5.74) is 1.61. The molecule has 2 saturated heterocycles. The maximum atomic E-state index is 13.5. The minimum Gasteiger partial charge on any atom is -0.387 e. The van der Waals surface area contributed by atoms with E-state index in [0.717, 1.165) is 62.4 Å². The van der Waals surface area contributed by atoms with Crippen LogP contribution in [0.2, 0.25) is 0 Å². The fraction of sp³-hybridized carbons (Fsp3) is 0.485. The molecule has 3 aliphatic rings. The van der Waals surface area contributed by atoms with Crippen molar-refractivity contribution in [3.63, 3.8) is 0 Å². The third kappa shape index (κ3) is 6.71. The van der Waals surface area contributed by atoms with Crippen molar-refractivity contribution in [1.29, 1.82) is 0 Å². The monoisotopic (exact) mass is 593 g/mol. The molecular weight excluding hydrogens is 552 g/mol. The average molecular weight is 594 g/mol. The molecule has 3 heterocycles. The molecule has 2 N–H and O–H groups in total. The number of carbonyl (C=O) groups excluding carboxylic acids is 1. The summed E-state index contributed by atoms with van der Waals surface area (Å²) in [6, 6.07) is 13.0. The van der Waals surface area contributed by atoms with Gasteiger partial charge in [-0.2, -0.15) is 0 Å². The van der Waals surface area contributed by atoms with Gasteiger partial charge in [0.25, 0.3) is 5.56 Å². The lowest BCUT2D eigenvalue weighted by Gasteiger charge is -2.51. The van der Waals surface area contributed by atoms with E-state index < -0.39 is 5.60 Å². The van der Waals surface area contributed by atoms with Crippen molar-refractivity contribution in [1.82, 2.24) is 24.7 Å². The van der Waals surface area contributed by atoms with Crippen molar-refractivity contribution < 1.29 is 18.7 Å². The van der Waals surface area contributed by atoms with Gasteiger partial charge in [0.2, 0.25) is 6.41 Å². The standard InChI is InChI=1S/C22H27N3O3.C11H14F2N2/c1-17-5-4-6-18(11-17)19-12-20(27)25(15-23-19)14-22(28)9-10-24(16-26)13-21(22)7-2-3-8-21;1-15-5-4-14-7-11(15)9-6-8(12)2-3-10(9)13/h4-6,11-12,15-16,28H,2-3,7-10,13-14H2,1H3;2-3,6,11,14H,4-5,7H2,1H3. The van der Waals surface area contributed by atoms with Gasteiger partial charge < -0.3 is 15.3 Å². The number of aliphatic hydroxyl groups is 1. The van der Waals surface area contributed by atoms with Crippen molar-refractivity contribution in [3.8, 4) is 11.3 Å². The van der Waals surface area contributed by atoms with Gasteiger partial charge in [-0.15, -0.1) is 0 Å². The molecular formula is C33H41F2N5O3. The molecule has 8 nitrogen and oxygen atoms in total. The highest BCUT2D eigenvalue weighted by Crippen LogP contribution is 2.51. The SMILES string of the molecule is CN1CCNCC1c1cc(F)ccc1F.Cc1cccc(-c2cc(=O)n(CC3(O)CCN(C=O)CC34CCCC4)cn2)c1. The smallest absolute Gasteiger partial charge is 0.253 e. The number of aryl methyl sites for hydroxylation is 1. The zero-order valence-electron chi connectivity index (χ0n) is 24.9. The van der Waals surface area contributed by atoms with Crippen LogP contribution in [0.25, 0.3) is 11.3 Å². The highest BCUT2D eigenvalue weighted by molar-refractivity contribution is 5.59. The number of aromatic nitrogens is 2. The number of piperidine rings is 1. The molecule has 0 bridgehead atoms. The van der Waals surface area contributed by atoms with Gasteiger partial charge in [0, 0.05) is 61.4 Å². The van der Waals surface area contributed by atoms with Crippen LogP contribution in [-0.2, 0) is 11.3 Å². The zero-order valence-corrected chi connectivity index (χ0v) is 24.9. The average Bonchev–Trinajstić information content (AvgIpc) is 3.48. The Bertz CT molecular complexity index is 1490. The molecule has 43 heavy (non-hydrogen) atoms. The third-order valence-corrected chi connectivity index (χ3v) is 9.47. The topological polar surface area (TPSA) is 90.7 Å². The van der Waals surface area contributed by atoms with E-state index in [1.54, 1.807) is 17.3 Å². The molecule has 1 amide bonds. The summed E-state index contributed by atoms with van der Waals surface area (Å²) in [6.45, 7) is 5.72. The van der Waals surface area contributed by atoms with Crippen LogP contribution < -0.4 is 10.9 Å². The second-order valence-electron chi connectivity index (χ2n) is 12.3. The number of benzene rings is 2. The zero-order chi connectivity index (χ0) is 30.6. The highest BCUT2D eigenvalue weighted by Gasteiger charge is 2.54. The largest absolute Gasteiger partial charge is 0.387 e. The van der Waals surface area contributed by atoms with Crippen molar-refractivity contribution in [2.24, 2.45) is 5.41 Å². The maximum absolute atomic E-state index is 13.5. The van der Waals surface area contributed by atoms with Gasteiger partial charge in [0.05, 0.1) is 24.2 Å². The number of carbonyl (C=O) groups is 1. The van der Waals surface area contributed by atoms with Gasteiger partial charge in [-0.05, 0) is 57.5 Å². The van der Waals surface area contributed by atoms with Crippen molar-refractivity contribution in [2.75, 3.05) is 39.8 Å². The molecule has 2 atom stereocenters. The fourth-order valence-electron chi connectivity index (χ4n) is 6.93. The van der Waals surface area contributed by atoms with Gasteiger partial charge in [-0.1, -0.05) is 36.6 Å². The van der Waals surface area contributed by atoms with Crippen LogP contribution in [0.15, 0.2) is 59.7 Å². The lowest BCUT2D eigenvalue weighted by molar-refractivity contribution is -0.152. The Labute approximate surface area is 251 Å². The van der Waals surface area contributed by atoms with Gasteiger partial charge in [0.1, 0.15) is 11.6 Å². The minimum atomic E-state index is -1.00. The number of rotatable bonds is 5. The van der Waals surface area contributed by atoms with Gasteiger partial charge in [-0.3, -0.25) is 19.1 Å². The Morgan fingerprint density at radius 3 is 2.58 bits per heavy atom. The number of nitrogens with zero attached hydrogens (tertiary/aromatic N) is 4. The van der Waals surface area contributed by atoms with Crippen LogP contribution >= 0.6 is 0 Å². The van der Waals surface area contributed by atoms with Crippen LogP contribution in [0.3, 0.4) is 0 Å². The highest BCUT2D eigenvalue weighted by atomic mass is 19.1. The lowest BCUT2D eigenvalue weighted by Crippen LogP contribution is -2.61. The summed E-state index contributed by atoms with van der Waals surface area (Å²) >= 11 is 0. The Morgan fingerprint density at radius 2 is 1.88 bits per heavy atom. The summed E-state index contributed by atoms with van der Waals surface area (Å²) in [7, 11) is 1.93. The Kier molecular flexibility index (Phi) is 9.39. The van der Waals surface area contributed by atoms with Crippen LogP contribution in [0.1, 0.15) is 49.3 Å². The number of nitrogens with one attached hydrogen (secondary N) is 1. The van der Waals surface area contributed by atoms with E-state index in [4.69, 9.17) is 0 Å². The van der Waals surface area contributed by atoms with Crippen LogP contribution in [-0.4, -0.2) is 76.2 Å². The first kappa shape index (κ1) is 31.0. The summed E-state index contributed by atoms with van der Waals surface area (Å²) in [4.78, 5) is 32.4. The summed E-state index contributed by atoms with van der Waals surface area (Å²) in [6.07, 6.45) is 6.78. The van der Waals surface area contributed by atoms with Crippen molar-refractivity contribution in [3.05, 3.63) is 88.0 Å². The second-order valence-corrected chi connectivity index (χ2v) is 12.3. The van der Waals surface area contributed by atoms with Crippen molar-refractivity contribution in [2.45, 2.75) is 57.2 Å². The quantitative estimate of drug-likeness (QED) is 0.436. The number of hydrogen-bond donors (Lipinski definition) is 2. The normalized spacial score (nSPS) is 23.6. The number of piperazine rings is 1. The van der Waals surface area contributed by atoms with Crippen LogP contribution in [0.5, 0.6) is 0 Å². The van der Waals surface area contributed by atoms with Gasteiger partial charge in [0.15, 0.2) is 0 Å². The molecule has 3 fully saturated rings. The third-order valence-electron chi connectivity index (χ3n) is 9.47. The minimum absolute atomic E-state index is 0.0746. The first-order chi connectivity index (χ1) is 20.6. The van der Waals surface area contributed by atoms with E-state index in [9.17, 15) is 23.5 Å². The summed E-state index contributed by atoms with van der Waals surface area (Å²) in [5.74, 6) is -0.720. The first-order valence-corrected chi connectivity index (χ1v) is 15.0. The maximum Gasteiger partial charge on any atom is 0.253 e. The molecule has 1 saturated carbocycles. The Morgan fingerprint density at radius 1 is 1.09 bits per heavy atom. The fourth-order valence-corrected chi connectivity index (χ4v) is 6.93. The first-order valence-electron chi connectivity index (χ1n) is 15.0. The van der Waals surface area contributed by atoms with E-state index in [2.05, 4.69) is 10.3 Å². The van der Waals surface area contributed by atoms with Gasteiger partial charge in [-0.25, -0.2) is 13.8 Å². The molecule has 10 heteroatoms. The molecule has 0 radical (unpaired) electrons. The number of likely N-dealkylation sites (tertiary alicyclic amines) is 1. The molecule has 2 aliphatic heterocycles. The number of halogens is 2. The van der Waals surface area contributed by atoms with E-state index in [1.807, 2.05) is 43.1 Å². The second kappa shape index (κ2) is 13.0. The lowest BCUT2D eigenvalue weighted by atomic mass is 9.66. The molecule has 1 spiro atoms. The predicted octanol–water partition coefficient (Wildman–Crippen LogP) is 3.91. The Hall–Kier alpha value is -3.47. The van der Waals surface area contributed by atoms with Gasteiger partial charge >= 0.3 is 0 Å².